The molecule has 0 bridgehead atoms. The van der Waals surface area contributed by atoms with Crippen LogP contribution in [0.2, 0.25) is 0 Å². The van der Waals surface area contributed by atoms with Crippen molar-refractivity contribution in [1.29, 1.82) is 0 Å². The predicted octanol–water partition coefficient (Wildman–Crippen LogP) is 5.81. The van der Waals surface area contributed by atoms with Gasteiger partial charge in [0.2, 0.25) is 0 Å². The predicted molar refractivity (Wildman–Crippen MR) is 135 cm³/mol. The Morgan fingerprint density at radius 1 is 1.09 bits per heavy atom. The van der Waals surface area contributed by atoms with Gasteiger partial charge < -0.3 is 4.90 Å². The summed E-state index contributed by atoms with van der Waals surface area (Å²) < 4.78 is 26.7. The molecule has 5 nitrogen and oxygen atoms in total. The van der Waals surface area contributed by atoms with E-state index in [1.807, 2.05) is 36.0 Å². The Morgan fingerprint density at radius 2 is 1.82 bits per heavy atom. The molecule has 0 radical (unpaired) electrons. The molecule has 1 aromatic heterocycles. The molecule has 2 aromatic rings. The molecule has 0 spiro atoms. The van der Waals surface area contributed by atoms with Crippen LogP contribution >= 0.6 is 11.8 Å². The van der Waals surface area contributed by atoms with E-state index in [1.165, 1.54) is 30.4 Å². The van der Waals surface area contributed by atoms with Crippen LogP contribution in [0.5, 0.6) is 0 Å². The molecular weight excluding hydrogens is 450 g/mol. The number of aromatic nitrogens is 2. The van der Waals surface area contributed by atoms with E-state index in [0.717, 1.165) is 36.3 Å². The Morgan fingerprint density at radius 3 is 2.52 bits per heavy atom. The van der Waals surface area contributed by atoms with Crippen molar-refractivity contribution >= 4 is 27.4 Å². The number of nitrogens with zero attached hydrogens (tertiary/aromatic N) is 3. The van der Waals surface area contributed by atoms with E-state index in [2.05, 4.69) is 30.7 Å². The Balaban J connectivity index is 1.30. The average molecular weight is 486 g/mol. The SMILES string of the molecule is CCC(C)c1ccc(S(=O)(=O)C2CCN(c3ncnc4c3C3CCC(C)CC3S4)CC2)cc1. The molecule has 2 aliphatic heterocycles. The second-order valence-corrected chi connectivity index (χ2v) is 13.7. The van der Waals surface area contributed by atoms with Crippen LogP contribution in [-0.4, -0.2) is 42.0 Å². The smallest absolute Gasteiger partial charge is 0.181 e. The summed E-state index contributed by atoms with van der Waals surface area (Å²) in [4.78, 5) is 12.1. The minimum atomic E-state index is -3.32. The number of piperidine rings is 1. The lowest BCUT2D eigenvalue weighted by Crippen LogP contribution is -2.40. The molecule has 4 unspecified atom stereocenters. The zero-order valence-corrected chi connectivity index (χ0v) is 21.5. The van der Waals surface area contributed by atoms with Crippen LogP contribution in [-0.2, 0) is 9.84 Å². The Labute approximate surface area is 202 Å². The number of anilines is 1. The van der Waals surface area contributed by atoms with E-state index < -0.39 is 9.84 Å². The highest BCUT2D eigenvalue weighted by atomic mass is 32.2. The van der Waals surface area contributed by atoms with Crippen molar-refractivity contribution in [3.63, 3.8) is 0 Å². The van der Waals surface area contributed by atoms with Gasteiger partial charge in [0.15, 0.2) is 9.84 Å². The monoisotopic (exact) mass is 485 g/mol. The van der Waals surface area contributed by atoms with Gasteiger partial charge in [0, 0.05) is 29.8 Å². The molecule has 33 heavy (non-hydrogen) atoms. The molecule has 1 saturated carbocycles. The van der Waals surface area contributed by atoms with Gasteiger partial charge in [0.25, 0.3) is 0 Å². The lowest BCUT2D eigenvalue weighted by Gasteiger charge is -2.35. The summed E-state index contributed by atoms with van der Waals surface area (Å²) in [5.41, 5.74) is 2.54. The maximum atomic E-state index is 13.3. The van der Waals surface area contributed by atoms with Gasteiger partial charge in [0.1, 0.15) is 17.2 Å². The number of hydrogen-bond acceptors (Lipinski definition) is 6. The third-order valence-electron chi connectivity index (χ3n) is 8.08. The highest BCUT2D eigenvalue weighted by molar-refractivity contribution is 8.00. The van der Waals surface area contributed by atoms with Crippen LogP contribution in [0.3, 0.4) is 0 Å². The van der Waals surface area contributed by atoms with Crippen molar-refractivity contribution in [3.8, 4) is 0 Å². The van der Waals surface area contributed by atoms with Crippen molar-refractivity contribution in [2.45, 2.75) is 91.6 Å². The minimum Gasteiger partial charge on any atom is -0.356 e. The van der Waals surface area contributed by atoms with E-state index in [9.17, 15) is 8.42 Å². The van der Waals surface area contributed by atoms with Crippen molar-refractivity contribution in [3.05, 3.63) is 41.7 Å². The number of benzene rings is 1. The second kappa shape index (κ2) is 9.21. The lowest BCUT2D eigenvalue weighted by atomic mass is 9.79. The van der Waals surface area contributed by atoms with Crippen molar-refractivity contribution < 1.29 is 8.42 Å². The molecular formula is C26H35N3O2S2. The number of rotatable bonds is 5. The topological polar surface area (TPSA) is 63.2 Å². The van der Waals surface area contributed by atoms with Crippen LogP contribution in [0.25, 0.3) is 0 Å². The van der Waals surface area contributed by atoms with E-state index >= 15 is 0 Å². The molecule has 2 fully saturated rings. The summed E-state index contributed by atoms with van der Waals surface area (Å²) in [7, 11) is -3.32. The quantitative estimate of drug-likeness (QED) is 0.498. The Kier molecular flexibility index (Phi) is 6.47. The number of fused-ring (bicyclic) bond motifs is 3. The third kappa shape index (κ3) is 4.31. The molecule has 178 valence electrons. The highest BCUT2D eigenvalue weighted by Gasteiger charge is 2.42. The lowest BCUT2D eigenvalue weighted by molar-refractivity contribution is 0.360. The van der Waals surface area contributed by atoms with Crippen molar-refractivity contribution in [1.82, 2.24) is 9.97 Å². The molecule has 7 heteroatoms. The van der Waals surface area contributed by atoms with Crippen LogP contribution in [0, 0.1) is 5.92 Å². The zero-order chi connectivity index (χ0) is 23.2. The first kappa shape index (κ1) is 23.2. The summed E-state index contributed by atoms with van der Waals surface area (Å²) in [5.74, 6) is 2.83. The normalized spacial score (nSPS) is 26.6. The molecule has 4 atom stereocenters. The first-order valence-corrected chi connectivity index (χ1v) is 14.9. The fourth-order valence-corrected chi connectivity index (χ4v) is 9.12. The van der Waals surface area contributed by atoms with Gasteiger partial charge >= 0.3 is 0 Å². The van der Waals surface area contributed by atoms with Crippen LogP contribution in [0.15, 0.2) is 40.5 Å². The van der Waals surface area contributed by atoms with Gasteiger partial charge in [-0.05, 0) is 61.6 Å². The third-order valence-corrected chi connectivity index (χ3v) is 11.7. The van der Waals surface area contributed by atoms with E-state index in [-0.39, 0.29) is 5.25 Å². The van der Waals surface area contributed by atoms with Gasteiger partial charge in [0.05, 0.1) is 10.1 Å². The van der Waals surface area contributed by atoms with Gasteiger partial charge in [-0.2, -0.15) is 0 Å². The van der Waals surface area contributed by atoms with Crippen molar-refractivity contribution in [2.75, 3.05) is 18.0 Å². The van der Waals surface area contributed by atoms with E-state index in [0.29, 0.717) is 34.8 Å². The van der Waals surface area contributed by atoms with Crippen LogP contribution in [0.1, 0.15) is 82.3 Å². The van der Waals surface area contributed by atoms with E-state index in [1.54, 1.807) is 6.33 Å². The Bertz CT molecular complexity index is 1100. The van der Waals surface area contributed by atoms with Gasteiger partial charge in [-0.3, -0.25) is 0 Å². The summed E-state index contributed by atoms with van der Waals surface area (Å²) in [6, 6.07) is 7.59. The maximum absolute atomic E-state index is 13.3. The fourth-order valence-electron chi connectivity index (χ4n) is 5.77. The number of hydrogen-bond donors (Lipinski definition) is 0. The molecule has 1 aromatic carbocycles. The average Bonchev–Trinajstić information content (AvgIpc) is 3.21. The fraction of sp³-hybridized carbons (Fsp3) is 0.615. The summed E-state index contributed by atoms with van der Waals surface area (Å²) >= 11 is 1.94. The first-order chi connectivity index (χ1) is 15.9. The summed E-state index contributed by atoms with van der Waals surface area (Å²) in [6.07, 6.45) is 7.77. The molecule has 0 amide bonds. The summed E-state index contributed by atoms with van der Waals surface area (Å²) in [6.45, 7) is 8.16. The number of sulfone groups is 1. The molecule has 0 N–H and O–H groups in total. The Hall–Kier alpha value is -1.60. The van der Waals surface area contributed by atoms with Crippen LogP contribution < -0.4 is 4.90 Å². The highest BCUT2D eigenvalue weighted by Crippen LogP contribution is 2.54. The second-order valence-electron chi connectivity index (χ2n) is 10.2. The molecule has 1 saturated heterocycles. The first-order valence-electron chi connectivity index (χ1n) is 12.5. The van der Waals surface area contributed by atoms with Gasteiger partial charge in [-0.15, -0.1) is 11.8 Å². The standard InChI is InChI=1S/C26H35N3O2S2/c1-4-18(3)19-6-8-20(9-7-19)33(30,31)21-11-13-29(14-12-21)25-24-22-10-5-17(2)15-23(22)32-26(24)28-16-27-25/h6-9,16-18,21-23H,4-5,10-15H2,1-3H3. The number of thioether (sulfide) groups is 1. The van der Waals surface area contributed by atoms with Crippen LogP contribution in [0.4, 0.5) is 5.82 Å². The molecule has 5 rings (SSSR count). The summed E-state index contributed by atoms with van der Waals surface area (Å²) in [5, 5.41) is 1.45. The zero-order valence-electron chi connectivity index (χ0n) is 19.9. The maximum Gasteiger partial charge on any atom is 0.181 e. The minimum absolute atomic E-state index is 0.323. The van der Waals surface area contributed by atoms with Gasteiger partial charge in [-0.1, -0.05) is 39.3 Å². The molecule has 3 aliphatic rings. The molecule has 1 aliphatic carbocycles. The largest absolute Gasteiger partial charge is 0.356 e. The molecule has 3 heterocycles. The van der Waals surface area contributed by atoms with E-state index in [4.69, 9.17) is 4.98 Å². The van der Waals surface area contributed by atoms with Gasteiger partial charge in [-0.25, -0.2) is 18.4 Å². The van der Waals surface area contributed by atoms with Crippen molar-refractivity contribution in [2.24, 2.45) is 5.92 Å².